The van der Waals surface area contributed by atoms with Crippen LogP contribution < -0.4 is 15.6 Å². The Hall–Kier alpha value is -3.11. The highest BCUT2D eigenvalue weighted by Gasteiger charge is 2.36. The number of pyridine rings is 2. The molecule has 0 spiro atoms. The number of aromatic nitrogens is 2. The number of hydrogen-bond acceptors (Lipinski definition) is 6. The summed E-state index contributed by atoms with van der Waals surface area (Å²) in [5.41, 5.74) is -0.939. The van der Waals surface area contributed by atoms with E-state index in [4.69, 9.17) is 0 Å². The lowest BCUT2D eigenvalue weighted by molar-refractivity contribution is 0.0695. The summed E-state index contributed by atoms with van der Waals surface area (Å²) in [5, 5.41) is 12.9. The van der Waals surface area contributed by atoms with Gasteiger partial charge in [0.05, 0.1) is 5.39 Å². The van der Waals surface area contributed by atoms with Gasteiger partial charge in [0.1, 0.15) is 28.2 Å². The third-order valence-electron chi connectivity index (χ3n) is 6.98. The van der Waals surface area contributed by atoms with Gasteiger partial charge in [-0.3, -0.25) is 9.69 Å². The first-order valence-electron chi connectivity index (χ1n) is 11.2. The van der Waals surface area contributed by atoms with Crippen LogP contribution in [0.25, 0.3) is 21.9 Å². The molecule has 172 valence electrons. The van der Waals surface area contributed by atoms with Gasteiger partial charge in [-0.15, -0.1) is 0 Å². The molecule has 8 nitrogen and oxygen atoms in total. The van der Waals surface area contributed by atoms with Crippen molar-refractivity contribution >= 4 is 33.6 Å². The van der Waals surface area contributed by atoms with Crippen LogP contribution in [0.5, 0.6) is 0 Å². The fourth-order valence-corrected chi connectivity index (χ4v) is 4.98. The molecular weight excluding hydrogens is 432 g/mol. The Morgan fingerprint density at radius 2 is 1.85 bits per heavy atom. The van der Waals surface area contributed by atoms with Crippen LogP contribution in [-0.4, -0.2) is 70.8 Å². The molecule has 0 atom stereocenters. The van der Waals surface area contributed by atoms with Gasteiger partial charge in [-0.25, -0.2) is 18.6 Å². The number of hydrogen-bond donors (Lipinski definition) is 2. The molecule has 0 amide bonds. The molecule has 1 aliphatic carbocycles. The molecule has 3 fully saturated rings. The minimum absolute atomic E-state index is 0.0126. The van der Waals surface area contributed by atoms with E-state index in [1.807, 2.05) is 0 Å². The van der Waals surface area contributed by atoms with E-state index in [9.17, 15) is 14.7 Å². The first-order valence-corrected chi connectivity index (χ1v) is 11.2. The monoisotopic (exact) mass is 455 g/mol. The van der Waals surface area contributed by atoms with Gasteiger partial charge in [0.2, 0.25) is 5.43 Å². The molecule has 2 saturated heterocycles. The van der Waals surface area contributed by atoms with Crippen molar-refractivity contribution in [2.45, 2.75) is 24.9 Å². The summed E-state index contributed by atoms with van der Waals surface area (Å²) in [6.45, 7) is 4.76. The van der Waals surface area contributed by atoms with Crippen molar-refractivity contribution in [1.29, 1.82) is 0 Å². The van der Waals surface area contributed by atoms with E-state index in [0.29, 0.717) is 13.1 Å². The molecule has 33 heavy (non-hydrogen) atoms. The van der Waals surface area contributed by atoms with E-state index in [1.54, 1.807) is 9.47 Å². The number of benzene rings is 1. The molecule has 1 saturated carbocycles. The predicted molar refractivity (Wildman–Crippen MR) is 119 cm³/mol. The first-order chi connectivity index (χ1) is 15.9. The number of carboxylic acids is 1. The summed E-state index contributed by atoms with van der Waals surface area (Å²) in [6, 6.07) is 2.84. The Labute approximate surface area is 187 Å². The Morgan fingerprint density at radius 3 is 2.52 bits per heavy atom. The highest BCUT2D eigenvalue weighted by atomic mass is 19.1. The van der Waals surface area contributed by atoms with Crippen LogP contribution in [-0.2, 0) is 0 Å². The van der Waals surface area contributed by atoms with Crippen molar-refractivity contribution in [1.82, 2.24) is 19.8 Å². The zero-order chi connectivity index (χ0) is 22.9. The van der Waals surface area contributed by atoms with Gasteiger partial charge < -0.3 is 19.9 Å². The van der Waals surface area contributed by atoms with Crippen LogP contribution in [0, 0.1) is 11.6 Å². The molecule has 2 aromatic heterocycles. The standard InChI is InChI=1S/C23H23F2N5O3/c24-17-8-12-7-15-21(31)16(23(32)33)11-30(13-1-2-13)22(15)27-19(12)18(25)20(17)29-9-14(10-29)28-5-3-26-4-6-28/h7-8,11,13-14,26H,1-6,9-10H2,(H,32,33). The number of nitrogens with zero attached hydrogens (tertiary/aromatic N) is 4. The van der Waals surface area contributed by atoms with Gasteiger partial charge in [0.25, 0.3) is 0 Å². The molecule has 2 N–H and O–H groups in total. The predicted octanol–water partition coefficient (Wildman–Crippen LogP) is 1.95. The summed E-state index contributed by atoms with van der Waals surface area (Å²) in [6.07, 6.45) is 2.95. The molecule has 10 heteroatoms. The summed E-state index contributed by atoms with van der Waals surface area (Å²) < 4.78 is 32.3. The van der Waals surface area contributed by atoms with Crippen molar-refractivity contribution in [3.05, 3.63) is 45.8 Å². The van der Waals surface area contributed by atoms with Crippen LogP contribution in [0.2, 0.25) is 0 Å². The minimum Gasteiger partial charge on any atom is -0.477 e. The number of carbonyl (C=O) groups is 1. The van der Waals surface area contributed by atoms with Gasteiger partial charge >= 0.3 is 5.97 Å². The SMILES string of the molecule is O=C(O)c1cn(C2CC2)c2nc3c(F)c(N4CC(N5CCNCC5)C4)c(F)cc3cc2c1=O. The Morgan fingerprint density at radius 1 is 1.12 bits per heavy atom. The number of piperazine rings is 1. The largest absolute Gasteiger partial charge is 0.477 e. The normalized spacial score (nSPS) is 19.9. The Bertz CT molecular complexity index is 1360. The minimum atomic E-state index is -1.33. The number of halogens is 2. The topological polar surface area (TPSA) is 90.7 Å². The third kappa shape index (κ3) is 3.27. The Kier molecular flexibility index (Phi) is 4.63. The van der Waals surface area contributed by atoms with E-state index in [2.05, 4.69) is 15.2 Å². The van der Waals surface area contributed by atoms with Crippen LogP contribution in [0.4, 0.5) is 14.5 Å². The summed E-state index contributed by atoms with van der Waals surface area (Å²) >= 11 is 0. The molecule has 0 radical (unpaired) electrons. The van der Waals surface area contributed by atoms with E-state index >= 15 is 8.78 Å². The number of aromatic carboxylic acids is 1. The fraction of sp³-hybridized carbons (Fsp3) is 0.435. The van der Waals surface area contributed by atoms with Gasteiger partial charge in [-0.1, -0.05) is 0 Å². The average Bonchev–Trinajstić information content (AvgIpc) is 3.60. The van der Waals surface area contributed by atoms with Crippen molar-refractivity contribution in [2.75, 3.05) is 44.2 Å². The molecule has 6 rings (SSSR count). The van der Waals surface area contributed by atoms with Gasteiger partial charge in [0.15, 0.2) is 5.82 Å². The fourth-order valence-electron chi connectivity index (χ4n) is 4.98. The maximum absolute atomic E-state index is 15.6. The van der Waals surface area contributed by atoms with Gasteiger partial charge in [0, 0.05) is 62.9 Å². The quantitative estimate of drug-likeness (QED) is 0.581. The van der Waals surface area contributed by atoms with Crippen molar-refractivity contribution in [3.8, 4) is 0 Å². The van der Waals surface area contributed by atoms with Crippen LogP contribution >= 0.6 is 0 Å². The molecule has 2 aliphatic heterocycles. The third-order valence-corrected chi connectivity index (χ3v) is 6.98. The van der Waals surface area contributed by atoms with E-state index < -0.39 is 23.0 Å². The average molecular weight is 455 g/mol. The molecule has 1 aromatic carbocycles. The summed E-state index contributed by atoms with van der Waals surface area (Å²) in [7, 11) is 0. The Balaban J connectivity index is 1.44. The lowest BCUT2D eigenvalue weighted by Crippen LogP contribution is -2.63. The highest BCUT2D eigenvalue weighted by Crippen LogP contribution is 2.38. The van der Waals surface area contributed by atoms with E-state index in [1.165, 1.54) is 18.3 Å². The second-order valence-electron chi connectivity index (χ2n) is 9.11. The van der Waals surface area contributed by atoms with Crippen LogP contribution in [0.3, 0.4) is 0 Å². The molecule has 3 aromatic rings. The zero-order valence-electron chi connectivity index (χ0n) is 17.9. The van der Waals surface area contributed by atoms with Crippen molar-refractivity contribution in [3.63, 3.8) is 0 Å². The number of rotatable bonds is 4. The molecule has 0 bridgehead atoms. The lowest BCUT2D eigenvalue weighted by Gasteiger charge is -2.48. The van der Waals surface area contributed by atoms with Gasteiger partial charge in [-0.05, 0) is 25.0 Å². The smallest absolute Gasteiger partial charge is 0.341 e. The maximum atomic E-state index is 15.6. The van der Waals surface area contributed by atoms with Crippen molar-refractivity contribution < 1.29 is 18.7 Å². The highest BCUT2D eigenvalue weighted by molar-refractivity contribution is 5.97. The molecule has 4 heterocycles. The number of anilines is 1. The molecular formula is C23H23F2N5O3. The lowest BCUT2D eigenvalue weighted by atomic mass is 10.0. The number of carboxylic acid groups (broad SMARTS) is 1. The van der Waals surface area contributed by atoms with E-state index in [0.717, 1.165) is 39.0 Å². The summed E-state index contributed by atoms with van der Waals surface area (Å²) in [5.74, 6) is -2.79. The summed E-state index contributed by atoms with van der Waals surface area (Å²) in [4.78, 5) is 32.8. The zero-order valence-corrected chi connectivity index (χ0v) is 17.9. The molecule has 3 aliphatic rings. The number of fused-ring (bicyclic) bond motifs is 2. The van der Waals surface area contributed by atoms with Crippen LogP contribution in [0.15, 0.2) is 23.1 Å². The second-order valence-corrected chi connectivity index (χ2v) is 9.11. The molecule has 0 unspecified atom stereocenters. The maximum Gasteiger partial charge on any atom is 0.341 e. The van der Waals surface area contributed by atoms with E-state index in [-0.39, 0.29) is 45.3 Å². The second kappa shape index (κ2) is 7.46. The van der Waals surface area contributed by atoms with Crippen molar-refractivity contribution in [2.24, 2.45) is 0 Å². The number of nitrogens with one attached hydrogen (secondary N) is 1. The first kappa shape index (κ1) is 20.5. The van der Waals surface area contributed by atoms with Crippen LogP contribution in [0.1, 0.15) is 29.2 Å². The van der Waals surface area contributed by atoms with Gasteiger partial charge in [-0.2, -0.15) is 0 Å².